The number of anilines is 1. The number of aromatic nitrogens is 2. The third-order valence-electron chi connectivity index (χ3n) is 4.31. The van der Waals surface area contributed by atoms with Crippen molar-refractivity contribution >= 4 is 39.9 Å². The summed E-state index contributed by atoms with van der Waals surface area (Å²) in [4.78, 5) is 25.3. The van der Waals surface area contributed by atoms with Crippen LogP contribution in [0, 0.1) is 0 Å². The number of carbonyl (C=O) groups is 1. The highest BCUT2D eigenvalue weighted by atomic mass is 32.1. The van der Waals surface area contributed by atoms with Gasteiger partial charge in [-0.1, -0.05) is 17.4 Å². The largest absolute Gasteiger partial charge is 0.348 e. The number of thiophene rings is 1. The number of rotatable bonds is 5. The highest BCUT2D eigenvalue weighted by molar-refractivity contribution is 7.18. The van der Waals surface area contributed by atoms with Crippen molar-refractivity contribution in [2.24, 2.45) is 5.10 Å². The molecule has 0 radical (unpaired) electrons. The molecule has 0 aromatic carbocycles. The summed E-state index contributed by atoms with van der Waals surface area (Å²) in [6.45, 7) is 2.10. The van der Waals surface area contributed by atoms with Crippen LogP contribution in [0.15, 0.2) is 47.1 Å². The lowest BCUT2D eigenvalue weighted by molar-refractivity contribution is 0.0955. The molecule has 1 aliphatic heterocycles. The summed E-state index contributed by atoms with van der Waals surface area (Å²) in [7, 11) is 0. The number of carbonyl (C=O) groups excluding carboxylic acids is 1. The molecule has 0 aliphatic carbocycles. The van der Waals surface area contributed by atoms with Gasteiger partial charge in [-0.15, -0.1) is 11.3 Å². The fraction of sp³-hybridized carbons (Fsp3) is 0.263. The highest BCUT2D eigenvalue weighted by Gasteiger charge is 2.19. The number of pyridine rings is 1. The van der Waals surface area contributed by atoms with Crippen LogP contribution in [0.2, 0.25) is 0 Å². The Labute approximate surface area is 165 Å². The number of nitrogens with one attached hydrogen (secondary N) is 1. The SMILES string of the molecule is O=C(N/N=C\c1sc(N2CCCCC2)nc1-c1cccs1)c1ccncc1. The van der Waals surface area contributed by atoms with Gasteiger partial charge in [0.25, 0.3) is 5.91 Å². The molecule has 0 spiro atoms. The third kappa shape index (κ3) is 4.23. The molecule has 3 aromatic rings. The number of nitrogens with zero attached hydrogens (tertiary/aromatic N) is 4. The van der Waals surface area contributed by atoms with Crippen molar-refractivity contribution in [1.29, 1.82) is 0 Å². The van der Waals surface area contributed by atoms with Gasteiger partial charge >= 0.3 is 0 Å². The van der Waals surface area contributed by atoms with E-state index in [0.29, 0.717) is 5.56 Å². The highest BCUT2D eigenvalue weighted by Crippen LogP contribution is 2.35. The van der Waals surface area contributed by atoms with Gasteiger partial charge in [0, 0.05) is 31.0 Å². The van der Waals surface area contributed by atoms with Gasteiger partial charge < -0.3 is 4.90 Å². The number of hydrazone groups is 1. The lowest BCUT2D eigenvalue weighted by Gasteiger charge is -2.25. The molecule has 27 heavy (non-hydrogen) atoms. The van der Waals surface area contributed by atoms with Gasteiger partial charge in [-0.3, -0.25) is 9.78 Å². The van der Waals surface area contributed by atoms with Crippen LogP contribution in [0.1, 0.15) is 34.5 Å². The van der Waals surface area contributed by atoms with Crippen molar-refractivity contribution in [3.63, 3.8) is 0 Å². The quantitative estimate of drug-likeness (QED) is 0.521. The molecule has 1 fully saturated rings. The first-order valence-corrected chi connectivity index (χ1v) is 10.5. The van der Waals surface area contributed by atoms with Crippen LogP contribution in [-0.2, 0) is 0 Å². The van der Waals surface area contributed by atoms with Crippen LogP contribution in [0.3, 0.4) is 0 Å². The molecule has 4 rings (SSSR count). The molecule has 3 aromatic heterocycles. The summed E-state index contributed by atoms with van der Waals surface area (Å²) in [5.74, 6) is -0.257. The predicted molar refractivity (Wildman–Crippen MR) is 111 cm³/mol. The third-order valence-corrected chi connectivity index (χ3v) is 6.24. The van der Waals surface area contributed by atoms with Gasteiger partial charge in [-0.2, -0.15) is 5.10 Å². The Kier molecular flexibility index (Phi) is 5.55. The molecular formula is C19H19N5OS2. The van der Waals surface area contributed by atoms with Gasteiger partial charge in [-0.05, 0) is 42.8 Å². The molecule has 1 aliphatic rings. The van der Waals surface area contributed by atoms with Gasteiger partial charge in [0.2, 0.25) is 0 Å². The Morgan fingerprint density at radius 1 is 1.19 bits per heavy atom. The molecule has 138 valence electrons. The van der Waals surface area contributed by atoms with E-state index >= 15 is 0 Å². The van der Waals surface area contributed by atoms with Crippen molar-refractivity contribution < 1.29 is 4.79 Å². The van der Waals surface area contributed by atoms with E-state index in [-0.39, 0.29) is 5.91 Å². The number of amides is 1. The van der Waals surface area contributed by atoms with Crippen LogP contribution >= 0.6 is 22.7 Å². The summed E-state index contributed by atoms with van der Waals surface area (Å²) < 4.78 is 0. The van der Waals surface area contributed by atoms with E-state index in [9.17, 15) is 4.79 Å². The fourth-order valence-corrected chi connectivity index (χ4v) is 4.73. The zero-order valence-corrected chi connectivity index (χ0v) is 16.3. The molecule has 1 amide bonds. The van der Waals surface area contributed by atoms with Crippen molar-refractivity contribution in [1.82, 2.24) is 15.4 Å². The topological polar surface area (TPSA) is 70.5 Å². The van der Waals surface area contributed by atoms with Crippen LogP contribution in [0.5, 0.6) is 0 Å². The molecule has 8 heteroatoms. The van der Waals surface area contributed by atoms with E-state index in [1.54, 1.807) is 53.4 Å². The van der Waals surface area contributed by atoms with Crippen molar-refractivity contribution in [2.75, 3.05) is 18.0 Å². The number of piperidine rings is 1. The number of hydrogen-bond acceptors (Lipinski definition) is 7. The minimum Gasteiger partial charge on any atom is -0.348 e. The minimum absolute atomic E-state index is 0.257. The second kappa shape index (κ2) is 8.41. The van der Waals surface area contributed by atoms with E-state index in [1.165, 1.54) is 19.3 Å². The summed E-state index contributed by atoms with van der Waals surface area (Å²) in [6, 6.07) is 7.39. The zero-order chi connectivity index (χ0) is 18.5. The average Bonchev–Trinajstić information content (AvgIpc) is 3.39. The smallest absolute Gasteiger partial charge is 0.271 e. The van der Waals surface area contributed by atoms with Gasteiger partial charge in [-0.25, -0.2) is 10.4 Å². The Bertz CT molecular complexity index is 915. The predicted octanol–water partition coefficient (Wildman–Crippen LogP) is 4.02. The Hall–Kier alpha value is -2.58. The Balaban J connectivity index is 1.55. The molecule has 1 saturated heterocycles. The standard InChI is InChI=1S/C19H19N5OS2/c25-18(14-6-8-20-9-7-14)23-21-13-16-17(15-5-4-12-26-15)22-19(27-16)24-10-2-1-3-11-24/h4-9,12-13H,1-3,10-11H2,(H,23,25)/b21-13-. The van der Waals surface area contributed by atoms with Gasteiger partial charge in [0.05, 0.1) is 16.0 Å². The molecular weight excluding hydrogens is 378 g/mol. The summed E-state index contributed by atoms with van der Waals surface area (Å²) in [6.07, 6.45) is 8.57. The number of hydrogen-bond donors (Lipinski definition) is 1. The van der Waals surface area contributed by atoms with Crippen molar-refractivity contribution in [2.45, 2.75) is 19.3 Å². The maximum atomic E-state index is 12.1. The van der Waals surface area contributed by atoms with Crippen molar-refractivity contribution in [3.05, 3.63) is 52.5 Å². The van der Waals surface area contributed by atoms with E-state index < -0.39 is 0 Å². The van der Waals surface area contributed by atoms with Crippen LogP contribution in [0.25, 0.3) is 10.6 Å². The van der Waals surface area contributed by atoms with Crippen LogP contribution in [0.4, 0.5) is 5.13 Å². The molecule has 0 bridgehead atoms. The summed E-state index contributed by atoms with van der Waals surface area (Å²) in [5, 5.41) is 7.23. The number of thiazole rings is 1. The van der Waals surface area contributed by atoms with E-state index in [0.717, 1.165) is 33.7 Å². The van der Waals surface area contributed by atoms with E-state index in [1.807, 2.05) is 11.4 Å². The van der Waals surface area contributed by atoms with Crippen LogP contribution < -0.4 is 10.3 Å². The first kappa shape index (κ1) is 17.8. The normalized spacial score (nSPS) is 14.6. The monoisotopic (exact) mass is 397 g/mol. The molecule has 1 N–H and O–H groups in total. The average molecular weight is 398 g/mol. The molecule has 0 atom stereocenters. The maximum Gasteiger partial charge on any atom is 0.271 e. The Morgan fingerprint density at radius 2 is 2.00 bits per heavy atom. The fourth-order valence-electron chi connectivity index (χ4n) is 2.94. The molecule has 6 nitrogen and oxygen atoms in total. The molecule has 0 saturated carbocycles. The Morgan fingerprint density at radius 3 is 2.74 bits per heavy atom. The van der Waals surface area contributed by atoms with E-state index in [2.05, 4.69) is 26.5 Å². The van der Waals surface area contributed by atoms with Crippen LogP contribution in [-0.4, -0.2) is 35.2 Å². The second-order valence-corrected chi connectivity index (χ2v) is 8.13. The molecule has 4 heterocycles. The summed E-state index contributed by atoms with van der Waals surface area (Å²) in [5.41, 5.74) is 4.04. The van der Waals surface area contributed by atoms with Gasteiger partial charge in [0.15, 0.2) is 5.13 Å². The lowest BCUT2D eigenvalue weighted by Crippen LogP contribution is -2.29. The second-order valence-electron chi connectivity index (χ2n) is 6.17. The first-order valence-electron chi connectivity index (χ1n) is 8.84. The van der Waals surface area contributed by atoms with Crippen molar-refractivity contribution in [3.8, 4) is 10.6 Å². The summed E-state index contributed by atoms with van der Waals surface area (Å²) >= 11 is 3.28. The zero-order valence-electron chi connectivity index (χ0n) is 14.7. The minimum atomic E-state index is -0.257. The van der Waals surface area contributed by atoms with E-state index in [4.69, 9.17) is 4.98 Å². The lowest BCUT2D eigenvalue weighted by atomic mass is 10.1. The molecule has 0 unspecified atom stereocenters. The van der Waals surface area contributed by atoms with Gasteiger partial charge in [0.1, 0.15) is 5.69 Å². The maximum absolute atomic E-state index is 12.1. The first-order chi connectivity index (χ1) is 13.3.